The Kier molecular flexibility index (Phi) is 4.26. The molecule has 2 N–H and O–H groups in total. The van der Waals surface area contributed by atoms with Crippen molar-refractivity contribution in [3.8, 4) is 11.1 Å². The first-order chi connectivity index (χ1) is 12.6. The fourth-order valence-electron chi connectivity index (χ4n) is 3.88. The highest BCUT2D eigenvalue weighted by Crippen LogP contribution is 2.33. The summed E-state index contributed by atoms with van der Waals surface area (Å²) in [4.78, 5) is 14.2. The third-order valence-electron chi connectivity index (χ3n) is 5.28. The van der Waals surface area contributed by atoms with Gasteiger partial charge in [0.05, 0.1) is 30.5 Å². The van der Waals surface area contributed by atoms with E-state index in [1.807, 2.05) is 25.4 Å². The van der Waals surface area contributed by atoms with Crippen molar-refractivity contribution in [3.63, 3.8) is 0 Å². The van der Waals surface area contributed by atoms with Gasteiger partial charge in [-0.25, -0.2) is 4.79 Å². The van der Waals surface area contributed by atoms with Crippen molar-refractivity contribution in [2.75, 3.05) is 26.3 Å². The van der Waals surface area contributed by atoms with Gasteiger partial charge in [-0.3, -0.25) is 10.00 Å². The van der Waals surface area contributed by atoms with Gasteiger partial charge in [0, 0.05) is 48.3 Å². The molecule has 1 aliphatic heterocycles. The SMILES string of the molecule is Cc1c(C(=O)O)cc2c(-c3cn[nH]c3)ccn2c1C(C)N1CCOCC1. The second-order valence-corrected chi connectivity index (χ2v) is 6.67. The lowest BCUT2D eigenvalue weighted by Gasteiger charge is -2.34. The van der Waals surface area contributed by atoms with Gasteiger partial charge in [-0.05, 0) is 31.5 Å². The molecule has 1 atom stereocenters. The molecule has 0 radical (unpaired) electrons. The molecule has 0 amide bonds. The molecule has 3 aromatic rings. The summed E-state index contributed by atoms with van der Waals surface area (Å²) in [5, 5.41) is 16.6. The Bertz CT molecular complexity index is 940. The lowest BCUT2D eigenvalue weighted by Crippen LogP contribution is -2.39. The van der Waals surface area contributed by atoms with E-state index in [-0.39, 0.29) is 6.04 Å². The van der Waals surface area contributed by atoms with Crippen molar-refractivity contribution in [1.82, 2.24) is 19.5 Å². The maximum Gasteiger partial charge on any atom is 0.336 e. The van der Waals surface area contributed by atoms with Gasteiger partial charge in [-0.2, -0.15) is 5.10 Å². The smallest absolute Gasteiger partial charge is 0.336 e. The molecule has 1 unspecified atom stereocenters. The van der Waals surface area contributed by atoms with Crippen molar-refractivity contribution in [2.45, 2.75) is 19.9 Å². The summed E-state index contributed by atoms with van der Waals surface area (Å²) in [6, 6.07) is 3.86. The zero-order valence-electron chi connectivity index (χ0n) is 14.9. The van der Waals surface area contributed by atoms with Gasteiger partial charge < -0.3 is 14.2 Å². The minimum absolute atomic E-state index is 0.0882. The van der Waals surface area contributed by atoms with Crippen LogP contribution in [0.4, 0.5) is 0 Å². The number of rotatable bonds is 4. The van der Waals surface area contributed by atoms with Gasteiger partial charge in [0.1, 0.15) is 0 Å². The summed E-state index contributed by atoms with van der Waals surface area (Å²) >= 11 is 0. The number of aromatic nitrogens is 3. The number of hydrogen-bond acceptors (Lipinski definition) is 4. The Morgan fingerprint density at radius 1 is 1.38 bits per heavy atom. The highest BCUT2D eigenvalue weighted by atomic mass is 16.5. The van der Waals surface area contributed by atoms with E-state index in [1.54, 1.807) is 12.3 Å². The van der Waals surface area contributed by atoms with E-state index in [0.29, 0.717) is 18.8 Å². The standard InChI is InChI=1S/C19H22N4O3/c1-12-16(19(24)25)9-17-15(14-10-20-21-11-14)3-4-23(17)18(12)13(2)22-5-7-26-8-6-22/h3-4,9-11,13H,5-8H2,1-2H3,(H,20,21)(H,24,25). The molecule has 0 aliphatic carbocycles. The molecule has 0 bridgehead atoms. The summed E-state index contributed by atoms with van der Waals surface area (Å²) in [5.74, 6) is -0.903. The third kappa shape index (κ3) is 2.69. The lowest BCUT2D eigenvalue weighted by molar-refractivity contribution is 0.0187. The second kappa shape index (κ2) is 6.59. The lowest BCUT2D eigenvalue weighted by atomic mass is 10.00. The second-order valence-electron chi connectivity index (χ2n) is 6.67. The summed E-state index contributed by atoms with van der Waals surface area (Å²) in [7, 11) is 0. The number of nitrogens with one attached hydrogen (secondary N) is 1. The Labute approximate surface area is 151 Å². The van der Waals surface area contributed by atoms with Gasteiger partial charge in [-0.1, -0.05) is 0 Å². The normalized spacial score (nSPS) is 16.8. The maximum absolute atomic E-state index is 11.9. The first-order valence-electron chi connectivity index (χ1n) is 8.76. The predicted octanol–water partition coefficient (Wildman–Crippen LogP) is 2.73. The molecule has 0 saturated carbocycles. The number of carboxylic acid groups (broad SMARTS) is 1. The third-order valence-corrected chi connectivity index (χ3v) is 5.28. The topological polar surface area (TPSA) is 82.9 Å². The Hall–Kier alpha value is -2.64. The summed E-state index contributed by atoms with van der Waals surface area (Å²) < 4.78 is 7.58. The molecule has 136 valence electrons. The monoisotopic (exact) mass is 354 g/mol. The zero-order chi connectivity index (χ0) is 18.3. The van der Waals surface area contributed by atoms with Crippen molar-refractivity contribution in [1.29, 1.82) is 0 Å². The molecule has 26 heavy (non-hydrogen) atoms. The molecule has 1 fully saturated rings. The van der Waals surface area contributed by atoms with E-state index >= 15 is 0 Å². The fourth-order valence-corrected chi connectivity index (χ4v) is 3.88. The number of nitrogens with zero attached hydrogens (tertiary/aromatic N) is 3. The molecule has 0 spiro atoms. The molecule has 4 heterocycles. The highest BCUT2D eigenvalue weighted by Gasteiger charge is 2.25. The molecule has 1 saturated heterocycles. The predicted molar refractivity (Wildman–Crippen MR) is 97.5 cm³/mol. The van der Waals surface area contributed by atoms with Crippen molar-refractivity contribution in [3.05, 3.63) is 47.5 Å². The molecule has 4 rings (SSSR count). The van der Waals surface area contributed by atoms with Crippen LogP contribution in [0.5, 0.6) is 0 Å². The van der Waals surface area contributed by atoms with Gasteiger partial charge in [0.25, 0.3) is 0 Å². The number of ether oxygens (including phenoxy) is 1. The first kappa shape index (κ1) is 16.8. The maximum atomic E-state index is 11.9. The number of carbonyl (C=O) groups is 1. The van der Waals surface area contributed by atoms with Crippen LogP contribution in [-0.4, -0.2) is 56.9 Å². The largest absolute Gasteiger partial charge is 0.478 e. The number of hydrogen-bond donors (Lipinski definition) is 2. The van der Waals surface area contributed by atoms with Crippen LogP contribution in [0.3, 0.4) is 0 Å². The van der Waals surface area contributed by atoms with E-state index < -0.39 is 5.97 Å². The van der Waals surface area contributed by atoms with Crippen molar-refractivity contribution in [2.24, 2.45) is 0 Å². The van der Waals surface area contributed by atoms with Crippen LogP contribution in [0.25, 0.3) is 16.6 Å². The number of pyridine rings is 1. The van der Waals surface area contributed by atoms with E-state index in [0.717, 1.165) is 41.0 Å². The van der Waals surface area contributed by atoms with Gasteiger partial charge in [-0.15, -0.1) is 0 Å². The average molecular weight is 354 g/mol. The Morgan fingerprint density at radius 2 is 2.15 bits per heavy atom. The number of H-pyrrole nitrogens is 1. The fraction of sp³-hybridized carbons (Fsp3) is 0.368. The summed E-state index contributed by atoms with van der Waals surface area (Å²) in [6.45, 7) is 7.13. The molecule has 1 aliphatic rings. The summed E-state index contributed by atoms with van der Waals surface area (Å²) in [5.41, 5.74) is 4.95. The minimum Gasteiger partial charge on any atom is -0.478 e. The van der Waals surface area contributed by atoms with Gasteiger partial charge in [0.2, 0.25) is 0 Å². The average Bonchev–Trinajstić information content (AvgIpc) is 3.30. The Morgan fingerprint density at radius 3 is 2.81 bits per heavy atom. The molecule has 7 nitrogen and oxygen atoms in total. The van der Waals surface area contributed by atoms with Crippen LogP contribution < -0.4 is 0 Å². The van der Waals surface area contributed by atoms with E-state index in [4.69, 9.17) is 4.74 Å². The number of aromatic carboxylic acids is 1. The van der Waals surface area contributed by atoms with Gasteiger partial charge >= 0.3 is 5.97 Å². The van der Waals surface area contributed by atoms with Crippen LogP contribution in [0.2, 0.25) is 0 Å². The number of fused-ring (bicyclic) bond motifs is 1. The molecule has 3 aromatic heterocycles. The number of morpholine rings is 1. The first-order valence-corrected chi connectivity index (χ1v) is 8.76. The number of carboxylic acids is 1. The Balaban J connectivity index is 1.92. The molecule has 0 aromatic carbocycles. The van der Waals surface area contributed by atoms with Crippen LogP contribution >= 0.6 is 0 Å². The van der Waals surface area contributed by atoms with Crippen LogP contribution in [0, 0.1) is 6.92 Å². The number of aromatic amines is 1. The van der Waals surface area contributed by atoms with Crippen LogP contribution in [0.1, 0.15) is 34.6 Å². The highest BCUT2D eigenvalue weighted by molar-refractivity contribution is 5.93. The zero-order valence-corrected chi connectivity index (χ0v) is 14.9. The minimum atomic E-state index is -0.903. The quantitative estimate of drug-likeness (QED) is 0.753. The van der Waals surface area contributed by atoms with Gasteiger partial charge in [0.15, 0.2) is 0 Å². The van der Waals surface area contributed by atoms with E-state index in [9.17, 15) is 9.90 Å². The van der Waals surface area contributed by atoms with Crippen molar-refractivity contribution >= 4 is 11.5 Å². The van der Waals surface area contributed by atoms with Crippen LogP contribution in [0.15, 0.2) is 30.7 Å². The summed E-state index contributed by atoms with van der Waals surface area (Å²) in [6.07, 6.45) is 5.59. The molecule has 7 heteroatoms. The van der Waals surface area contributed by atoms with Crippen LogP contribution in [-0.2, 0) is 4.74 Å². The van der Waals surface area contributed by atoms with Crippen molar-refractivity contribution < 1.29 is 14.6 Å². The molecular formula is C19H22N4O3. The van der Waals surface area contributed by atoms with E-state index in [2.05, 4.69) is 26.4 Å². The van der Waals surface area contributed by atoms with E-state index in [1.165, 1.54) is 0 Å². The molecular weight excluding hydrogens is 332 g/mol.